The molecule has 0 radical (unpaired) electrons. The molecule has 0 saturated heterocycles. The predicted molar refractivity (Wildman–Crippen MR) is 45.6 cm³/mol. The molecule has 11 heavy (non-hydrogen) atoms. The van der Waals surface area contributed by atoms with Crippen molar-refractivity contribution in [3.8, 4) is 0 Å². The van der Waals surface area contributed by atoms with Gasteiger partial charge in [-0.05, 0) is 26.0 Å². The summed E-state index contributed by atoms with van der Waals surface area (Å²) < 4.78 is 2.39. The largest absolute Gasteiger partial charge is 0.346 e. The third-order valence-electron chi connectivity index (χ3n) is 2.46. The summed E-state index contributed by atoms with van der Waals surface area (Å²) in [5.41, 5.74) is 2.81. The Bertz CT molecular complexity index is 263. The van der Waals surface area contributed by atoms with Crippen LogP contribution in [0.2, 0.25) is 0 Å². The molecule has 2 heterocycles. The topological polar surface area (TPSA) is 17.0 Å². The molecule has 0 aromatic carbocycles. The van der Waals surface area contributed by atoms with Crippen LogP contribution < -0.4 is 5.32 Å². The number of hydrogen-bond donors (Lipinski definition) is 1. The minimum Gasteiger partial charge on any atom is -0.346 e. The van der Waals surface area contributed by atoms with E-state index < -0.39 is 0 Å². The van der Waals surface area contributed by atoms with Gasteiger partial charge in [0.25, 0.3) is 0 Å². The van der Waals surface area contributed by atoms with E-state index in [1.165, 1.54) is 11.4 Å². The van der Waals surface area contributed by atoms with Crippen molar-refractivity contribution in [2.75, 3.05) is 6.54 Å². The van der Waals surface area contributed by atoms with Crippen molar-refractivity contribution in [2.24, 2.45) is 0 Å². The molecule has 60 valence electrons. The minimum absolute atomic E-state index is 0.525. The maximum atomic E-state index is 3.43. The smallest absolute Gasteiger partial charge is 0.0446 e. The zero-order valence-corrected chi connectivity index (χ0v) is 7.09. The van der Waals surface area contributed by atoms with Gasteiger partial charge in [0.2, 0.25) is 0 Å². The lowest BCUT2D eigenvalue weighted by Crippen LogP contribution is -2.31. The first kappa shape index (κ1) is 6.92. The molecule has 0 fully saturated rings. The molecule has 0 aliphatic carbocycles. The summed E-state index contributed by atoms with van der Waals surface area (Å²) in [6, 6.07) is 4.93. The molecule has 1 aliphatic rings. The third kappa shape index (κ3) is 0.979. The Balaban J connectivity index is 2.46. The van der Waals surface area contributed by atoms with E-state index in [1.54, 1.807) is 0 Å². The van der Waals surface area contributed by atoms with Crippen molar-refractivity contribution in [2.45, 2.75) is 26.4 Å². The number of aryl methyl sites for hydroxylation is 1. The van der Waals surface area contributed by atoms with Crippen molar-refractivity contribution in [3.05, 3.63) is 23.5 Å². The third-order valence-corrected chi connectivity index (χ3v) is 2.46. The van der Waals surface area contributed by atoms with Crippen molar-refractivity contribution in [1.82, 2.24) is 9.88 Å². The van der Waals surface area contributed by atoms with E-state index in [-0.39, 0.29) is 0 Å². The zero-order chi connectivity index (χ0) is 7.84. The van der Waals surface area contributed by atoms with Gasteiger partial charge in [0.15, 0.2) is 0 Å². The zero-order valence-electron chi connectivity index (χ0n) is 7.09. The van der Waals surface area contributed by atoms with E-state index in [1.807, 2.05) is 0 Å². The first-order valence-electron chi connectivity index (χ1n) is 4.18. The lowest BCUT2D eigenvalue weighted by molar-refractivity contribution is 0.443. The van der Waals surface area contributed by atoms with Crippen molar-refractivity contribution in [1.29, 1.82) is 0 Å². The average molecular weight is 150 g/mol. The van der Waals surface area contributed by atoms with Crippen LogP contribution in [-0.4, -0.2) is 11.1 Å². The van der Waals surface area contributed by atoms with E-state index in [0.29, 0.717) is 6.04 Å². The highest BCUT2D eigenvalue weighted by atomic mass is 15.1. The Morgan fingerprint density at radius 2 is 2.36 bits per heavy atom. The summed E-state index contributed by atoms with van der Waals surface area (Å²) in [7, 11) is 0. The molecule has 1 aromatic rings. The normalized spacial score (nSPS) is 23.3. The quantitative estimate of drug-likeness (QED) is 0.592. The molecule has 1 N–H and O–H groups in total. The summed E-state index contributed by atoms with van der Waals surface area (Å²) in [6.45, 7) is 6.61. The van der Waals surface area contributed by atoms with Gasteiger partial charge in [0, 0.05) is 30.5 Å². The Morgan fingerprint density at radius 1 is 1.55 bits per heavy atom. The fraction of sp³-hybridized carbons (Fsp3) is 0.556. The first-order valence-corrected chi connectivity index (χ1v) is 4.18. The standard InChI is InChI=1S/C9H14N2/c1-7-3-4-9-8(2)10-5-6-11(7)9/h3-4,8,10H,5-6H2,1-2H3/t8-/m0/s1. The molecule has 0 unspecified atom stereocenters. The Hall–Kier alpha value is -0.760. The van der Waals surface area contributed by atoms with Crippen LogP contribution in [0, 0.1) is 6.92 Å². The molecular weight excluding hydrogens is 136 g/mol. The van der Waals surface area contributed by atoms with Gasteiger partial charge in [-0.3, -0.25) is 0 Å². The van der Waals surface area contributed by atoms with Gasteiger partial charge in [-0.25, -0.2) is 0 Å². The molecular formula is C9H14N2. The summed E-state index contributed by atoms with van der Waals surface area (Å²) in [5, 5.41) is 3.43. The molecule has 0 amide bonds. The minimum atomic E-state index is 0.525. The van der Waals surface area contributed by atoms with E-state index in [0.717, 1.165) is 13.1 Å². The van der Waals surface area contributed by atoms with Gasteiger partial charge >= 0.3 is 0 Å². The van der Waals surface area contributed by atoms with E-state index in [4.69, 9.17) is 0 Å². The molecule has 1 atom stereocenters. The molecule has 2 nitrogen and oxygen atoms in total. The van der Waals surface area contributed by atoms with Crippen LogP contribution in [0.3, 0.4) is 0 Å². The summed E-state index contributed by atoms with van der Waals surface area (Å²) in [6.07, 6.45) is 0. The maximum absolute atomic E-state index is 3.43. The molecule has 0 spiro atoms. The van der Waals surface area contributed by atoms with Crippen LogP contribution in [-0.2, 0) is 6.54 Å². The maximum Gasteiger partial charge on any atom is 0.0446 e. The van der Waals surface area contributed by atoms with Gasteiger partial charge in [0.1, 0.15) is 0 Å². The molecule has 2 rings (SSSR count). The van der Waals surface area contributed by atoms with Gasteiger partial charge < -0.3 is 9.88 Å². The fourth-order valence-corrected chi connectivity index (χ4v) is 1.77. The summed E-state index contributed by atoms with van der Waals surface area (Å²) in [5.74, 6) is 0. The van der Waals surface area contributed by atoms with Crippen LogP contribution in [0.4, 0.5) is 0 Å². The van der Waals surface area contributed by atoms with Crippen molar-refractivity contribution in [3.63, 3.8) is 0 Å². The lowest BCUT2D eigenvalue weighted by Gasteiger charge is -2.24. The van der Waals surface area contributed by atoms with Crippen LogP contribution in [0.1, 0.15) is 24.4 Å². The number of aromatic nitrogens is 1. The Kier molecular flexibility index (Phi) is 1.50. The summed E-state index contributed by atoms with van der Waals surface area (Å²) >= 11 is 0. The second-order valence-electron chi connectivity index (χ2n) is 3.23. The van der Waals surface area contributed by atoms with Crippen LogP contribution in [0.5, 0.6) is 0 Å². The molecule has 1 aliphatic heterocycles. The average Bonchev–Trinajstić information content (AvgIpc) is 2.35. The highest BCUT2D eigenvalue weighted by Gasteiger charge is 2.15. The van der Waals surface area contributed by atoms with Gasteiger partial charge in [-0.1, -0.05) is 0 Å². The molecule has 0 bridgehead atoms. The first-order chi connectivity index (χ1) is 5.29. The Labute approximate surface area is 67.2 Å². The number of fused-ring (bicyclic) bond motifs is 1. The molecule has 0 saturated carbocycles. The van der Waals surface area contributed by atoms with E-state index in [9.17, 15) is 0 Å². The monoisotopic (exact) mass is 150 g/mol. The predicted octanol–water partition coefficient (Wildman–Crippen LogP) is 1.46. The highest BCUT2D eigenvalue weighted by molar-refractivity contribution is 5.19. The highest BCUT2D eigenvalue weighted by Crippen LogP contribution is 2.19. The number of nitrogens with zero attached hydrogens (tertiary/aromatic N) is 1. The molecule has 2 heteroatoms. The van der Waals surface area contributed by atoms with Gasteiger partial charge in [-0.15, -0.1) is 0 Å². The van der Waals surface area contributed by atoms with E-state index >= 15 is 0 Å². The SMILES string of the molecule is Cc1ccc2n1CCN[C@H]2C. The van der Waals surface area contributed by atoms with Crippen LogP contribution in [0.15, 0.2) is 12.1 Å². The second-order valence-corrected chi connectivity index (χ2v) is 3.23. The van der Waals surface area contributed by atoms with Crippen LogP contribution in [0.25, 0.3) is 0 Å². The number of nitrogens with one attached hydrogen (secondary N) is 1. The van der Waals surface area contributed by atoms with Gasteiger partial charge in [0.05, 0.1) is 0 Å². The van der Waals surface area contributed by atoms with Gasteiger partial charge in [-0.2, -0.15) is 0 Å². The fourth-order valence-electron chi connectivity index (χ4n) is 1.77. The number of rotatable bonds is 0. The molecule has 1 aromatic heterocycles. The van der Waals surface area contributed by atoms with Crippen LogP contribution >= 0.6 is 0 Å². The second kappa shape index (κ2) is 2.38. The number of hydrogen-bond acceptors (Lipinski definition) is 1. The van der Waals surface area contributed by atoms with E-state index in [2.05, 4.69) is 35.9 Å². The Morgan fingerprint density at radius 3 is 3.09 bits per heavy atom. The lowest BCUT2D eigenvalue weighted by atomic mass is 10.2. The van der Waals surface area contributed by atoms with Crippen molar-refractivity contribution >= 4 is 0 Å². The summed E-state index contributed by atoms with van der Waals surface area (Å²) in [4.78, 5) is 0. The van der Waals surface area contributed by atoms with Crippen molar-refractivity contribution < 1.29 is 0 Å².